The van der Waals surface area contributed by atoms with Crippen LogP contribution in [0.1, 0.15) is 46.0 Å². The van der Waals surface area contributed by atoms with Gasteiger partial charge in [0.25, 0.3) is 0 Å². The van der Waals surface area contributed by atoms with Crippen molar-refractivity contribution in [1.82, 2.24) is 5.32 Å². The molecule has 0 rings (SSSR count). The fourth-order valence-corrected chi connectivity index (χ4v) is 3.01. The molecule has 0 heterocycles. The van der Waals surface area contributed by atoms with Crippen molar-refractivity contribution in [3.63, 3.8) is 0 Å². The molecule has 0 aromatic rings. The van der Waals surface area contributed by atoms with Gasteiger partial charge in [-0.1, -0.05) is 38.5 Å². The molecule has 0 fully saturated rings. The monoisotopic (exact) mass is 315 g/mol. The second-order valence-corrected chi connectivity index (χ2v) is 6.33. The Morgan fingerprint density at radius 1 is 1.15 bits per heavy atom. The number of alkyl halides is 3. The van der Waals surface area contributed by atoms with Crippen LogP contribution in [-0.2, 0) is 4.74 Å². The summed E-state index contributed by atoms with van der Waals surface area (Å²) in [5.74, 6) is 0.146. The van der Waals surface area contributed by atoms with E-state index in [-0.39, 0.29) is 22.9 Å². The van der Waals surface area contributed by atoms with Crippen LogP contribution < -0.4 is 5.32 Å². The van der Waals surface area contributed by atoms with E-state index >= 15 is 0 Å². The molecule has 0 saturated heterocycles. The first-order valence-electron chi connectivity index (χ1n) is 7.29. The molecule has 0 radical (unpaired) electrons. The van der Waals surface area contributed by atoms with Gasteiger partial charge >= 0.3 is 5.51 Å². The number of unbranched alkanes of at least 4 members (excludes halogenated alkanes) is 1. The zero-order valence-electron chi connectivity index (χ0n) is 12.8. The summed E-state index contributed by atoms with van der Waals surface area (Å²) in [5, 5.41) is 3.32. The van der Waals surface area contributed by atoms with Gasteiger partial charge in [0.2, 0.25) is 0 Å². The van der Waals surface area contributed by atoms with Gasteiger partial charge in [-0.25, -0.2) is 0 Å². The van der Waals surface area contributed by atoms with E-state index in [4.69, 9.17) is 4.74 Å². The Kier molecular flexibility index (Phi) is 10.8. The summed E-state index contributed by atoms with van der Waals surface area (Å²) in [6.45, 7) is 6.34. The first-order chi connectivity index (χ1) is 9.39. The molecular weight excluding hydrogens is 287 g/mol. The third kappa shape index (κ3) is 9.88. The van der Waals surface area contributed by atoms with Crippen molar-refractivity contribution in [2.45, 2.75) is 51.5 Å². The average Bonchev–Trinajstić information content (AvgIpc) is 2.39. The molecular formula is C14H28F3NOS. The lowest BCUT2D eigenvalue weighted by atomic mass is 9.77. The van der Waals surface area contributed by atoms with Gasteiger partial charge in [-0.15, -0.1) is 0 Å². The molecule has 0 aromatic heterocycles. The van der Waals surface area contributed by atoms with Crippen molar-refractivity contribution < 1.29 is 17.9 Å². The van der Waals surface area contributed by atoms with Crippen LogP contribution in [0.4, 0.5) is 13.2 Å². The minimum atomic E-state index is -4.12. The van der Waals surface area contributed by atoms with E-state index in [0.29, 0.717) is 13.0 Å². The smallest absolute Gasteiger partial charge is 0.383 e. The molecule has 1 atom stereocenters. The Labute approximate surface area is 125 Å². The van der Waals surface area contributed by atoms with Crippen LogP contribution in [0, 0.1) is 5.41 Å². The second kappa shape index (κ2) is 10.7. The van der Waals surface area contributed by atoms with Crippen LogP contribution in [-0.4, -0.2) is 38.1 Å². The zero-order valence-corrected chi connectivity index (χ0v) is 13.6. The largest absolute Gasteiger partial charge is 0.441 e. The first-order valence-corrected chi connectivity index (χ1v) is 8.28. The van der Waals surface area contributed by atoms with E-state index in [0.717, 1.165) is 38.8 Å². The Morgan fingerprint density at radius 3 is 2.35 bits per heavy atom. The Morgan fingerprint density at radius 2 is 1.85 bits per heavy atom. The fourth-order valence-electron chi connectivity index (χ4n) is 2.24. The molecule has 0 aliphatic heterocycles. The van der Waals surface area contributed by atoms with Gasteiger partial charge in [-0.2, -0.15) is 13.2 Å². The summed E-state index contributed by atoms with van der Waals surface area (Å²) < 4.78 is 41.8. The third-order valence-corrected chi connectivity index (χ3v) is 4.43. The van der Waals surface area contributed by atoms with Crippen LogP contribution in [0.2, 0.25) is 0 Å². The average molecular weight is 315 g/mol. The number of hydrogen-bond acceptors (Lipinski definition) is 3. The molecule has 2 nitrogen and oxygen atoms in total. The Balaban J connectivity index is 4.34. The van der Waals surface area contributed by atoms with Crippen molar-refractivity contribution in [3.05, 3.63) is 0 Å². The van der Waals surface area contributed by atoms with Gasteiger partial charge in [0.05, 0.1) is 6.61 Å². The Bertz CT molecular complexity index is 239. The third-order valence-electron chi connectivity index (χ3n) is 3.69. The predicted octanol–water partition coefficient (Wildman–Crippen LogP) is 4.45. The number of methoxy groups -OCH3 is 1. The van der Waals surface area contributed by atoms with Crippen LogP contribution in [0.3, 0.4) is 0 Å². The van der Waals surface area contributed by atoms with Crippen molar-refractivity contribution in [1.29, 1.82) is 0 Å². The summed E-state index contributed by atoms with van der Waals surface area (Å²) in [6.07, 6.45) is 4.64. The number of rotatable bonds is 12. The SMILES string of the molecule is CCCCC(CC)(CCSC(F)(F)F)CNCCOC. The van der Waals surface area contributed by atoms with E-state index in [1.807, 2.05) is 0 Å². The number of ether oxygens (including phenoxy) is 1. The predicted molar refractivity (Wildman–Crippen MR) is 80.1 cm³/mol. The maximum absolute atomic E-state index is 12.3. The quantitative estimate of drug-likeness (QED) is 0.538. The van der Waals surface area contributed by atoms with Crippen LogP contribution in [0.5, 0.6) is 0 Å². The molecule has 6 heteroatoms. The lowest BCUT2D eigenvalue weighted by molar-refractivity contribution is -0.0329. The van der Waals surface area contributed by atoms with Crippen LogP contribution in [0.15, 0.2) is 0 Å². The minimum Gasteiger partial charge on any atom is -0.383 e. The highest BCUT2D eigenvalue weighted by molar-refractivity contribution is 8.00. The molecule has 0 amide bonds. The molecule has 122 valence electrons. The van der Waals surface area contributed by atoms with Gasteiger partial charge in [-0.05, 0) is 24.7 Å². The molecule has 20 heavy (non-hydrogen) atoms. The number of thioether (sulfide) groups is 1. The highest BCUT2D eigenvalue weighted by Crippen LogP contribution is 2.37. The topological polar surface area (TPSA) is 21.3 Å². The minimum absolute atomic E-state index is 0.0258. The molecule has 0 saturated carbocycles. The number of halogens is 3. The van der Waals surface area contributed by atoms with E-state index in [9.17, 15) is 13.2 Å². The maximum Gasteiger partial charge on any atom is 0.441 e. The first kappa shape index (κ1) is 20.1. The summed E-state index contributed by atoms with van der Waals surface area (Å²) in [4.78, 5) is 0. The lowest BCUT2D eigenvalue weighted by Crippen LogP contribution is -2.36. The summed E-state index contributed by atoms with van der Waals surface area (Å²) >= 11 is 0.101. The molecule has 0 bridgehead atoms. The van der Waals surface area contributed by atoms with Gasteiger partial charge in [0.1, 0.15) is 0 Å². The van der Waals surface area contributed by atoms with Crippen LogP contribution >= 0.6 is 11.8 Å². The summed E-state index contributed by atoms with van der Waals surface area (Å²) in [7, 11) is 1.64. The van der Waals surface area contributed by atoms with E-state index in [1.165, 1.54) is 0 Å². The van der Waals surface area contributed by atoms with Crippen LogP contribution in [0.25, 0.3) is 0 Å². The van der Waals surface area contributed by atoms with Gasteiger partial charge in [-0.3, -0.25) is 0 Å². The normalized spacial score (nSPS) is 15.3. The Hall–Kier alpha value is 0.0600. The molecule has 1 N–H and O–H groups in total. The number of hydrogen-bond donors (Lipinski definition) is 1. The molecule has 0 aromatic carbocycles. The molecule has 0 spiro atoms. The zero-order chi connectivity index (χ0) is 15.5. The lowest BCUT2D eigenvalue weighted by Gasteiger charge is -2.33. The van der Waals surface area contributed by atoms with E-state index in [1.54, 1.807) is 7.11 Å². The van der Waals surface area contributed by atoms with Crippen molar-refractivity contribution in [2.75, 3.05) is 32.6 Å². The van der Waals surface area contributed by atoms with Gasteiger partial charge in [0, 0.05) is 26.0 Å². The number of nitrogens with one attached hydrogen (secondary N) is 1. The van der Waals surface area contributed by atoms with Crippen molar-refractivity contribution in [2.24, 2.45) is 5.41 Å². The standard InChI is InChI=1S/C14H28F3NOS/c1-4-6-7-13(5-2,12-18-9-10-19-3)8-11-20-14(15,16)17/h18H,4-12H2,1-3H3. The maximum atomic E-state index is 12.3. The summed E-state index contributed by atoms with van der Waals surface area (Å²) in [5.41, 5.74) is -4.14. The fraction of sp³-hybridized carbons (Fsp3) is 1.00. The highest BCUT2D eigenvalue weighted by Gasteiger charge is 2.32. The molecule has 0 aliphatic rings. The van der Waals surface area contributed by atoms with Crippen molar-refractivity contribution >= 4 is 11.8 Å². The van der Waals surface area contributed by atoms with E-state index < -0.39 is 5.51 Å². The van der Waals surface area contributed by atoms with Gasteiger partial charge in [0.15, 0.2) is 0 Å². The highest BCUT2D eigenvalue weighted by atomic mass is 32.2. The summed E-state index contributed by atoms with van der Waals surface area (Å²) in [6, 6.07) is 0. The molecule has 0 aliphatic carbocycles. The van der Waals surface area contributed by atoms with E-state index in [2.05, 4.69) is 19.2 Å². The second-order valence-electron chi connectivity index (χ2n) is 5.17. The molecule has 1 unspecified atom stereocenters. The van der Waals surface area contributed by atoms with Crippen molar-refractivity contribution in [3.8, 4) is 0 Å². The van der Waals surface area contributed by atoms with Gasteiger partial charge < -0.3 is 10.1 Å².